The van der Waals surface area contributed by atoms with E-state index in [1.54, 1.807) is 11.1 Å². The summed E-state index contributed by atoms with van der Waals surface area (Å²) in [5.74, 6) is 0. The number of hydrogen-bond acceptors (Lipinski definition) is 1. The molecule has 0 aromatic heterocycles. The summed E-state index contributed by atoms with van der Waals surface area (Å²) < 4.78 is 7.07. The van der Waals surface area contributed by atoms with Gasteiger partial charge < -0.3 is 4.74 Å². The van der Waals surface area contributed by atoms with Crippen molar-refractivity contribution in [2.24, 2.45) is 0 Å². The molecule has 0 bridgehead atoms. The Morgan fingerprint density at radius 3 is 2.93 bits per heavy atom. The zero-order chi connectivity index (χ0) is 10.5. The first-order valence-corrected chi connectivity index (χ1v) is 6.67. The van der Waals surface area contributed by atoms with Crippen LogP contribution in [-0.2, 0) is 16.6 Å². The average Bonchev–Trinajstić information content (AvgIpc) is 2.83. The van der Waals surface area contributed by atoms with E-state index in [2.05, 4.69) is 41.6 Å². The number of rotatable bonds is 0. The maximum Gasteiger partial charge on any atom is 0.0564 e. The first kappa shape index (κ1) is 10.1. The van der Waals surface area contributed by atoms with E-state index in [1.165, 1.54) is 28.4 Å². The Kier molecular flexibility index (Phi) is 2.32. The van der Waals surface area contributed by atoms with Crippen molar-refractivity contribution < 1.29 is 4.74 Å². The van der Waals surface area contributed by atoms with E-state index in [-0.39, 0.29) is 0 Å². The predicted molar refractivity (Wildman–Crippen MR) is 69.3 cm³/mol. The third kappa shape index (κ3) is 1.37. The van der Waals surface area contributed by atoms with Gasteiger partial charge in [-0.15, -0.1) is 0 Å². The van der Waals surface area contributed by atoms with Crippen LogP contribution in [0.15, 0.2) is 12.1 Å². The Morgan fingerprint density at radius 2 is 2.20 bits per heavy atom. The number of halogens is 1. The highest BCUT2D eigenvalue weighted by Gasteiger charge is 2.43. The van der Waals surface area contributed by atoms with Gasteiger partial charge in [0.2, 0.25) is 0 Å². The van der Waals surface area contributed by atoms with Crippen molar-refractivity contribution in [2.75, 3.05) is 13.2 Å². The lowest BCUT2D eigenvalue weighted by atomic mass is 9.81. The second kappa shape index (κ2) is 3.45. The third-order valence-electron chi connectivity index (χ3n) is 3.98. The normalized spacial score (nSPS) is 28.7. The minimum atomic E-state index is 0.373. The fraction of sp³-hybridized carbons (Fsp3) is 0.538. The van der Waals surface area contributed by atoms with Gasteiger partial charge in [-0.2, -0.15) is 0 Å². The van der Waals surface area contributed by atoms with Crippen LogP contribution in [0, 0.1) is 10.5 Å². The summed E-state index contributed by atoms with van der Waals surface area (Å²) in [5, 5.41) is 0. The predicted octanol–water partition coefficient (Wildman–Crippen LogP) is 3.20. The SMILES string of the molecule is Cc1ccc(I)c2c1CCC21CCOC1. The highest BCUT2D eigenvalue weighted by atomic mass is 127. The molecule has 0 amide bonds. The number of hydrogen-bond donors (Lipinski definition) is 0. The molecule has 2 heteroatoms. The Hall–Kier alpha value is -0.0900. The molecule has 0 saturated carbocycles. The lowest BCUT2D eigenvalue weighted by Crippen LogP contribution is -2.24. The third-order valence-corrected chi connectivity index (χ3v) is 4.88. The van der Waals surface area contributed by atoms with Crippen LogP contribution in [0.5, 0.6) is 0 Å². The van der Waals surface area contributed by atoms with E-state index in [9.17, 15) is 0 Å². The highest BCUT2D eigenvalue weighted by Crippen LogP contribution is 2.47. The molecule has 1 saturated heterocycles. The fourth-order valence-corrected chi connectivity index (χ4v) is 4.19. The van der Waals surface area contributed by atoms with E-state index >= 15 is 0 Å². The monoisotopic (exact) mass is 314 g/mol. The van der Waals surface area contributed by atoms with Gasteiger partial charge in [0.25, 0.3) is 0 Å². The van der Waals surface area contributed by atoms with Gasteiger partial charge in [0.1, 0.15) is 0 Å². The van der Waals surface area contributed by atoms with Gasteiger partial charge in [0.05, 0.1) is 6.61 Å². The number of ether oxygens (including phenoxy) is 1. The van der Waals surface area contributed by atoms with E-state index in [1.807, 2.05) is 0 Å². The summed E-state index contributed by atoms with van der Waals surface area (Å²) in [6.07, 6.45) is 3.77. The van der Waals surface area contributed by atoms with Gasteiger partial charge >= 0.3 is 0 Å². The molecule has 1 aliphatic heterocycles. The van der Waals surface area contributed by atoms with Gasteiger partial charge in [0.15, 0.2) is 0 Å². The smallest absolute Gasteiger partial charge is 0.0564 e. The van der Waals surface area contributed by atoms with Crippen molar-refractivity contribution in [2.45, 2.75) is 31.6 Å². The lowest BCUT2D eigenvalue weighted by molar-refractivity contribution is 0.177. The Morgan fingerprint density at radius 1 is 1.33 bits per heavy atom. The molecular formula is C13H15IO. The molecule has 2 aliphatic rings. The molecule has 1 fully saturated rings. The second-order valence-corrected chi connectivity index (χ2v) is 5.96. The van der Waals surface area contributed by atoms with E-state index < -0.39 is 0 Å². The first-order valence-electron chi connectivity index (χ1n) is 5.59. The van der Waals surface area contributed by atoms with Crippen LogP contribution in [0.25, 0.3) is 0 Å². The number of benzene rings is 1. The van der Waals surface area contributed by atoms with Crippen molar-refractivity contribution in [3.05, 3.63) is 32.4 Å². The molecule has 0 radical (unpaired) electrons. The van der Waals surface area contributed by atoms with Crippen LogP contribution < -0.4 is 0 Å². The topological polar surface area (TPSA) is 9.23 Å². The lowest BCUT2D eigenvalue weighted by Gasteiger charge is -2.24. The molecule has 15 heavy (non-hydrogen) atoms. The molecule has 3 rings (SSSR count). The molecular weight excluding hydrogens is 299 g/mol. The molecule has 80 valence electrons. The van der Waals surface area contributed by atoms with Crippen molar-refractivity contribution in [3.8, 4) is 0 Å². The maximum atomic E-state index is 5.63. The summed E-state index contributed by atoms with van der Waals surface area (Å²) in [5.41, 5.74) is 5.06. The minimum absolute atomic E-state index is 0.373. The summed E-state index contributed by atoms with van der Waals surface area (Å²) in [7, 11) is 0. The zero-order valence-corrected chi connectivity index (χ0v) is 11.1. The van der Waals surface area contributed by atoms with Crippen LogP contribution in [0.4, 0.5) is 0 Å². The standard InChI is InChI=1S/C13H15IO/c1-9-2-3-11(14)12-10(9)4-5-13(12)6-7-15-8-13/h2-3H,4-8H2,1H3. The maximum absolute atomic E-state index is 5.63. The first-order chi connectivity index (χ1) is 7.23. The van der Waals surface area contributed by atoms with Crippen LogP contribution in [0.2, 0.25) is 0 Å². The summed E-state index contributed by atoms with van der Waals surface area (Å²) in [4.78, 5) is 0. The minimum Gasteiger partial charge on any atom is -0.380 e. The van der Waals surface area contributed by atoms with Crippen LogP contribution in [0.1, 0.15) is 29.5 Å². The largest absolute Gasteiger partial charge is 0.380 e. The van der Waals surface area contributed by atoms with Crippen LogP contribution >= 0.6 is 22.6 Å². The molecule has 1 nitrogen and oxygen atoms in total. The van der Waals surface area contributed by atoms with Gasteiger partial charge in [-0.25, -0.2) is 0 Å². The molecule has 1 aromatic carbocycles. The number of aryl methyl sites for hydroxylation is 1. The Bertz CT molecular complexity index is 405. The molecule has 1 aliphatic carbocycles. The van der Waals surface area contributed by atoms with Gasteiger partial charge in [-0.05, 0) is 71.5 Å². The van der Waals surface area contributed by atoms with Crippen LogP contribution in [0.3, 0.4) is 0 Å². The molecule has 1 atom stereocenters. The van der Waals surface area contributed by atoms with E-state index in [4.69, 9.17) is 4.74 Å². The summed E-state index contributed by atoms with van der Waals surface area (Å²) >= 11 is 2.49. The molecule has 1 spiro atoms. The summed E-state index contributed by atoms with van der Waals surface area (Å²) in [6.45, 7) is 4.13. The molecule has 0 N–H and O–H groups in total. The molecule has 1 aromatic rings. The average molecular weight is 314 g/mol. The molecule has 1 heterocycles. The highest BCUT2D eigenvalue weighted by molar-refractivity contribution is 14.1. The Balaban J connectivity index is 2.20. The summed E-state index contributed by atoms with van der Waals surface area (Å²) in [6, 6.07) is 4.52. The van der Waals surface area contributed by atoms with Crippen molar-refractivity contribution in [3.63, 3.8) is 0 Å². The van der Waals surface area contributed by atoms with Gasteiger partial charge in [0, 0.05) is 15.6 Å². The number of fused-ring (bicyclic) bond motifs is 2. The zero-order valence-electron chi connectivity index (χ0n) is 8.98. The van der Waals surface area contributed by atoms with Crippen molar-refractivity contribution in [1.29, 1.82) is 0 Å². The van der Waals surface area contributed by atoms with E-state index in [0.717, 1.165) is 13.2 Å². The van der Waals surface area contributed by atoms with Crippen LogP contribution in [-0.4, -0.2) is 13.2 Å². The van der Waals surface area contributed by atoms with Crippen molar-refractivity contribution in [1.82, 2.24) is 0 Å². The van der Waals surface area contributed by atoms with Gasteiger partial charge in [-0.3, -0.25) is 0 Å². The quantitative estimate of drug-likeness (QED) is 0.668. The van der Waals surface area contributed by atoms with Crippen molar-refractivity contribution >= 4 is 22.6 Å². The second-order valence-electron chi connectivity index (χ2n) is 4.80. The fourth-order valence-electron chi connectivity index (χ4n) is 3.11. The Labute approximate surface area is 104 Å². The van der Waals surface area contributed by atoms with E-state index in [0.29, 0.717) is 5.41 Å². The molecule has 1 unspecified atom stereocenters. The van der Waals surface area contributed by atoms with Gasteiger partial charge in [-0.1, -0.05) is 6.07 Å².